The Kier molecular flexibility index (Phi) is 3.99. The summed E-state index contributed by atoms with van der Waals surface area (Å²) >= 11 is 0. The van der Waals surface area contributed by atoms with Crippen molar-refractivity contribution in [1.82, 2.24) is 0 Å². The molecule has 0 aromatic heterocycles. The first-order valence-corrected chi connectivity index (χ1v) is 7.96. The highest BCUT2D eigenvalue weighted by atomic mass is 16.5. The van der Waals surface area contributed by atoms with Crippen molar-refractivity contribution >= 4 is 5.90 Å². The van der Waals surface area contributed by atoms with E-state index in [9.17, 15) is 5.11 Å². The SMILES string of the molecule is CC1(C)COC(c2ccccc2CC(C)(O)c2ccccc2)=N1. The minimum absolute atomic E-state index is 0.190. The quantitative estimate of drug-likeness (QED) is 0.936. The van der Waals surface area contributed by atoms with Crippen LogP contribution in [-0.4, -0.2) is 23.2 Å². The zero-order valence-electron chi connectivity index (χ0n) is 13.9. The number of ether oxygens (including phenoxy) is 1. The van der Waals surface area contributed by atoms with Crippen LogP contribution in [0.2, 0.25) is 0 Å². The monoisotopic (exact) mass is 309 g/mol. The molecular formula is C20H23NO2. The molecule has 0 fully saturated rings. The third kappa shape index (κ3) is 3.45. The van der Waals surface area contributed by atoms with Crippen molar-refractivity contribution in [2.24, 2.45) is 4.99 Å². The third-order valence-corrected chi connectivity index (χ3v) is 4.14. The molecule has 3 heteroatoms. The predicted octanol–water partition coefficient (Wildman–Crippen LogP) is 3.69. The molecule has 1 heterocycles. The van der Waals surface area contributed by atoms with Gasteiger partial charge in [0.25, 0.3) is 0 Å². The van der Waals surface area contributed by atoms with Gasteiger partial charge >= 0.3 is 0 Å². The van der Waals surface area contributed by atoms with Crippen molar-refractivity contribution in [2.45, 2.75) is 38.3 Å². The fraction of sp³-hybridized carbons (Fsp3) is 0.350. The van der Waals surface area contributed by atoms with Crippen LogP contribution in [0, 0.1) is 0 Å². The summed E-state index contributed by atoms with van der Waals surface area (Å²) in [5.41, 5.74) is 1.78. The largest absolute Gasteiger partial charge is 0.475 e. The molecule has 0 radical (unpaired) electrons. The molecule has 1 aliphatic rings. The minimum Gasteiger partial charge on any atom is -0.475 e. The first kappa shape index (κ1) is 15.8. The van der Waals surface area contributed by atoms with Gasteiger partial charge in [0.1, 0.15) is 6.61 Å². The molecule has 0 bridgehead atoms. The van der Waals surface area contributed by atoms with Crippen LogP contribution in [-0.2, 0) is 16.8 Å². The topological polar surface area (TPSA) is 41.8 Å². The standard InChI is InChI=1S/C20H23NO2/c1-19(2)14-23-18(21-19)17-12-8-7-9-15(17)13-20(3,22)16-10-5-4-6-11-16/h4-12,22H,13-14H2,1-3H3. The van der Waals surface area contributed by atoms with Crippen molar-refractivity contribution in [3.8, 4) is 0 Å². The summed E-state index contributed by atoms with van der Waals surface area (Å²) in [6.45, 7) is 6.55. The van der Waals surface area contributed by atoms with Gasteiger partial charge in [0.2, 0.25) is 5.90 Å². The summed E-state index contributed by atoms with van der Waals surface area (Å²) in [7, 11) is 0. The Balaban J connectivity index is 1.93. The van der Waals surface area contributed by atoms with E-state index in [1.807, 2.05) is 61.5 Å². The highest BCUT2D eigenvalue weighted by Crippen LogP contribution is 2.29. The normalized spacial score (nSPS) is 18.9. The summed E-state index contributed by atoms with van der Waals surface area (Å²) in [6, 6.07) is 17.8. The van der Waals surface area contributed by atoms with E-state index in [0.717, 1.165) is 16.7 Å². The first-order valence-electron chi connectivity index (χ1n) is 7.96. The lowest BCUT2D eigenvalue weighted by Gasteiger charge is -2.25. The van der Waals surface area contributed by atoms with Gasteiger partial charge in [-0.25, -0.2) is 4.99 Å². The van der Waals surface area contributed by atoms with Crippen LogP contribution in [0.1, 0.15) is 37.5 Å². The van der Waals surface area contributed by atoms with Gasteiger partial charge in [0.15, 0.2) is 0 Å². The number of hydrogen-bond donors (Lipinski definition) is 1. The third-order valence-electron chi connectivity index (χ3n) is 4.14. The summed E-state index contributed by atoms with van der Waals surface area (Å²) < 4.78 is 5.78. The number of aliphatic imine (C=N–C) groups is 1. The van der Waals surface area contributed by atoms with Crippen molar-refractivity contribution in [3.05, 3.63) is 71.3 Å². The van der Waals surface area contributed by atoms with Crippen LogP contribution in [0.4, 0.5) is 0 Å². The molecule has 3 nitrogen and oxygen atoms in total. The molecule has 23 heavy (non-hydrogen) atoms. The van der Waals surface area contributed by atoms with Gasteiger partial charge in [-0.2, -0.15) is 0 Å². The fourth-order valence-electron chi connectivity index (χ4n) is 2.88. The average Bonchev–Trinajstić information content (AvgIpc) is 2.88. The van der Waals surface area contributed by atoms with Crippen LogP contribution in [0.15, 0.2) is 59.6 Å². The van der Waals surface area contributed by atoms with E-state index in [1.165, 1.54) is 0 Å². The van der Waals surface area contributed by atoms with E-state index in [-0.39, 0.29) is 5.54 Å². The molecule has 1 aliphatic heterocycles. The molecule has 1 atom stereocenters. The molecule has 3 rings (SSSR count). The highest BCUT2D eigenvalue weighted by Gasteiger charge is 2.30. The van der Waals surface area contributed by atoms with Gasteiger partial charge < -0.3 is 9.84 Å². The summed E-state index contributed by atoms with van der Waals surface area (Å²) in [5, 5.41) is 10.9. The molecule has 1 N–H and O–H groups in total. The van der Waals surface area contributed by atoms with E-state index in [2.05, 4.69) is 18.8 Å². The van der Waals surface area contributed by atoms with Crippen molar-refractivity contribution in [3.63, 3.8) is 0 Å². The Labute approximate surface area is 137 Å². The number of rotatable bonds is 4. The van der Waals surface area contributed by atoms with E-state index >= 15 is 0 Å². The predicted molar refractivity (Wildman–Crippen MR) is 92.7 cm³/mol. The second-order valence-corrected chi connectivity index (χ2v) is 6.99. The fourth-order valence-corrected chi connectivity index (χ4v) is 2.88. The molecule has 0 aliphatic carbocycles. The van der Waals surface area contributed by atoms with Gasteiger partial charge in [-0.15, -0.1) is 0 Å². The maximum atomic E-state index is 10.9. The minimum atomic E-state index is -0.938. The van der Waals surface area contributed by atoms with E-state index < -0.39 is 5.60 Å². The number of hydrogen-bond acceptors (Lipinski definition) is 3. The molecule has 0 spiro atoms. The van der Waals surface area contributed by atoms with Crippen LogP contribution >= 0.6 is 0 Å². The Morgan fingerprint density at radius 1 is 1.09 bits per heavy atom. The molecule has 120 valence electrons. The van der Waals surface area contributed by atoms with Gasteiger partial charge in [0.05, 0.1) is 11.1 Å². The Morgan fingerprint density at radius 2 is 1.74 bits per heavy atom. The van der Waals surface area contributed by atoms with E-state index in [1.54, 1.807) is 0 Å². The summed E-state index contributed by atoms with van der Waals surface area (Å²) in [5.74, 6) is 0.675. The maximum absolute atomic E-state index is 10.9. The van der Waals surface area contributed by atoms with Crippen molar-refractivity contribution < 1.29 is 9.84 Å². The van der Waals surface area contributed by atoms with Crippen LogP contribution in [0.3, 0.4) is 0 Å². The summed E-state index contributed by atoms with van der Waals surface area (Å²) in [4.78, 5) is 4.67. The lowest BCUT2D eigenvalue weighted by molar-refractivity contribution is 0.0575. The molecular weight excluding hydrogens is 286 g/mol. The van der Waals surface area contributed by atoms with Crippen LogP contribution in [0.25, 0.3) is 0 Å². The second-order valence-electron chi connectivity index (χ2n) is 6.99. The van der Waals surface area contributed by atoms with Crippen LogP contribution in [0.5, 0.6) is 0 Å². The summed E-state index contributed by atoms with van der Waals surface area (Å²) in [6.07, 6.45) is 0.510. The van der Waals surface area contributed by atoms with Gasteiger partial charge in [0, 0.05) is 12.0 Å². The molecule has 0 amide bonds. The smallest absolute Gasteiger partial charge is 0.217 e. The molecule has 2 aromatic carbocycles. The van der Waals surface area contributed by atoms with Crippen molar-refractivity contribution in [1.29, 1.82) is 0 Å². The lowest BCUT2D eigenvalue weighted by atomic mass is 9.87. The van der Waals surface area contributed by atoms with Gasteiger partial charge in [-0.05, 0) is 38.0 Å². The molecule has 0 saturated carbocycles. The van der Waals surface area contributed by atoms with Crippen LogP contribution < -0.4 is 0 Å². The molecule has 2 aromatic rings. The second kappa shape index (κ2) is 5.82. The number of nitrogens with zero attached hydrogens (tertiary/aromatic N) is 1. The molecule has 0 saturated heterocycles. The maximum Gasteiger partial charge on any atom is 0.217 e. The number of benzene rings is 2. The lowest BCUT2D eigenvalue weighted by Crippen LogP contribution is -2.25. The molecule has 1 unspecified atom stereocenters. The highest BCUT2D eigenvalue weighted by molar-refractivity contribution is 5.96. The van der Waals surface area contributed by atoms with E-state index in [4.69, 9.17) is 4.74 Å². The van der Waals surface area contributed by atoms with E-state index in [0.29, 0.717) is 18.9 Å². The van der Waals surface area contributed by atoms with Gasteiger partial charge in [-0.1, -0.05) is 48.5 Å². The zero-order valence-corrected chi connectivity index (χ0v) is 13.9. The Hall–Kier alpha value is -2.13. The van der Waals surface area contributed by atoms with Gasteiger partial charge in [-0.3, -0.25) is 0 Å². The first-order chi connectivity index (χ1) is 10.9. The Bertz CT molecular complexity index is 717. The average molecular weight is 309 g/mol. The zero-order chi connectivity index (χ0) is 16.5. The Morgan fingerprint density at radius 3 is 2.39 bits per heavy atom. The number of aliphatic hydroxyl groups is 1. The van der Waals surface area contributed by atoms with Crippen molar-refractivity contribution in [2.75, 3.05) is 6.61 Å².